The van der Waals surface area contributed by atoms with E-state index in [0.29, 0.717) is 23.0 Å². The van der Waals surface area contributed by atoms with Gasteiger partial charge in [0, 0.05) is 12.6 Å². The number of aliphatic hydroxyl groups excluding tert-OH is 1. The van der Waals surface area contributed by atoms with E-state index in [9.17, 15) is 9.50 Å². The second-order valence-electron chi connectivity index (χ2n) is 5.22. The van der Waals surface area contributed by atoms with Gasteiger partial charge in [0.05, 0.1) is 10.6 Å². The van der Waals surface area contributed by atoms with E-state index in [4.69, 9.17) is 4.74 Å². The lowest BCUT2D eigenvalue weighted by atomic mass is 10.1. The van der Waals surface area contributed by atoms with E-state index >= 15 is 0 Å². The molecule has 0 spiro atoms. The van der Waals surface area contributed by atoms with Crippen molar-refractivity contribution in [1.82, 2.24) is 9.97 Å². The minimum absolute atomic E-state index is 0.219. The molecule has 0 saturated heterocycles. The van der Waals surface area contributed by atoms with Gasteiger partial charge < -0.3 is 15.2 Å². The number of rotatable bonds is 6. The van der Waals surface area contributed by atoms with Crippen molar-refractivity contribution in [2.45, 2.75) is 6.10 Å². The molecule has 1 heterocycles. The Kier molecular flexibility index (Phi) is 5.57. The molecule has 1 atom stereocenters. The Balaban J connectivity index is 1.63. The number of para-hydroxylation sites is 1. The van der Waals surface area contributed by atoms with Crippen LogP contribution in [-0.2, 0) is 0 Å². The molecule has 1 aromatic heterocycles. The fraction of sp³-hybridized carbons (Fsp3) is 0.111. The van der Waals surface area contributed by atoms with Gasteiger partial charge in [-0.05, 0) is 45.8 Å². The van der Waals surface area contributed by atoms with Crippen molar-refractivity contribution < 1.29 is 14.2 Å². The Labute approximate surface area is 152 Å². The smallest absolute Gasteiger partial charge is 0.224 e. The third-order valence-electron chi connectivity index (χ3n) is 3.42. The molecule has 2 aromatic carbocycles. The zero-order valence-corrected chi connectivity index (χ0v) is 14.6. The van der Waals surface area contributed by atoms with Gasteiger partial charge in [-0.1, -0.05) is 24.3 Å². The number of halogens is 2. The minimum atomic E-state index is -0.789. The van der Waals surface area contributed by atoms with E-state index in [-0.39, 0.29) is 12.4 Å². The van der Waals surface area contributed by atoms with E-state index in [1.54, 1.807) is 18.2 Å². The number of ether oxygens (including phenoxy) is 1. The Bertz CT molecular complexity index is 846. The zero-order valence-electron chi connectivity index (χ0n) is 13.1. The maximum absolute atomic E-state index is 12.9. The maximum atomic E-state index is 12.9. The van der Waals surface area contributed by atoms with Gasteiger partial charge >= 0.3 is 0 Å². The molecule has 3 aromatic rings. The Morgan fingerprint density at radius 3 is 2.64 bits per heavy atom. The summed E-state index contributed by atoms with van der Waals surface area (Å²) in [5.74, 6) is 1.19. The summed E-state index contributed by atoms with van der Waals surface area (Å²) in [6, 6.07) is 14.8. The van der Waals surface area contributed by atoms with E-state index in [0.717, 1.165) is 4.47 Å². The number of hydrogen-bond donors (Lipinski definition) is 2. The van der Waals surface area contributed by atoms with Gasteiger partial charge in [-0.3, -0.25) is 0 Å². The van der Waals surface area contributed by atoms with Gasteiger partial charge in [-0.15, -0.1) is 0 Å². The highest BCUT2D eigenvalue weighted by Gasteiger charge is 2.09. The van der Waals surface area contributed by atoms with Crippen LogP contribution in [0.15, 0.2) is 65.4 Å². The van der Waals surface area contributed by atoms with Crippen molar-refractivity contribution in [3.8, 4) is 11.6 Å². The molecule has 25 heavy (non-hydrogen) atoms. The van der Waals surface area contributed by atoms with Crippen LogP contribution in [0, 0.1) is 5.82 Å². The van der Waals surface area contributed by atoms with Crippen molar-refractivity contribution >= 4 is 21.7 Å². The summed E-state index contributed by atoms with van der Waals surface area (Å²) in [5.41, 5.74) is 0.618. The standard InChI is InChI=1S/C18H15BrFN3O2/c19-14-3-1-2-4-16(14)25-18-9-17(22-11-23-18)21-10-15(24)12-5-7-13(20)8-6-12/h1-9,11,15,24H,10H2,(H,21,22,23). The van der Waals surface area contributed by atoms with Gasteiger partial charge in [-0.2, -0.15) is 0 Å². The molecule has 7 heteroatoms. The fourth-order valence-electron chi connectivity index (χ4n) is 2.14. The summed E-state index contributed by atoms with van der Waals surface area (Å²) in [6.45, 7) is 0.219. The van der Waals surface area contributed by atoms with Crippen LogP contribution in [0.4, 0.5) is 10.2 Å². The van der Waals surface area contributed by atoms with Gasteiger partial charge in [0.1, 0.15) is 23.7 Å². The largest absolute Gasteiger partial charge is 0.438 e. The van der Waals surface area contributed by atoms with E-state index in [1.165, 1.54) is 18.5 Å². The summed E-state index contributed by atoms with van der Waals surface area (Å²) < 4.78 is 19.4. The number of hydrogen-bond acceptors (Lipinski definition) is 5. The quantitative estimate of drug-likeness (QED) is 0.641. The highest BCUT2D eigenvalue weighted by molar-refractivity contribution is 9.10. The zero-order chi connectivity index (χ0) is 17.6. The van der Waals surface area contributed by atoms with Crippen molar-refractivity contribution in [3.05, 3.63) is 76.8 Å². The number of benzene rings is 2. The average Bonchev–Trinajstić information content (AvgIpc) is 2.63. The van der Waals surface area contributed by atoms with Crippen LogP contribution in [0.2, 0.25) is 0 Å². The van der Waals surface area contributed by atoms with Crippen molar-refractivity contribution in [1.29, 1.82) is 0 Å². The fourth-order valence-corrected chi connectivity index (χ4v) is 2.50. The van der Waals surface area contributed by atoms with Crippen molar-refractivity contribution in [2.24, 2.45) is 0 Å². The predicted molar refractivity (Wildman–Crippen MR) is 96.1 cm³/mol. The molecule has 0 amide bonds. The average molecular weight is 404 g/mol. The normalized spacial score (nSPS) is 11.8. The second-order valence-corrected chi connectivity index (χ2v) is 6.08. The summed E-state index contributed by atoms with van der Waals surface area (Å²) in [5, 5.41) is 13.2. The van der Waals surface area contributed by atoms with Crippen LogP contribution in [0.5, 0.6) is 11.6 Å². The molecule has 0 aliphatic carbocycles. The Hall–Kier alpha value is -2.51. The van der Waals surface area contributed by atoms with Crippen LogP contribution in [0.1, 0.15) is 11.7 Å². The topological polar surface area (TPSA) is 67.3 Å². The van der Waals surface area contributed by atoms with E-state index in [1.807, 2.05) is 24.3 Å². The first-order valence-electron chi connectivity index (χ1n) is 7.53. The van der Waals surface area contributed by atoms with Crippen LogP contribution in [0.3, 0.4) is 0 Å². The van der Waals surface area contributed by atoms with Gasteiger partial charge in [0.15, 0.2) is 0 Å². The summed E-state index contributed by atoms with van der Waals surface area (Å²) >= 11 is 3.41. The van der Waals surface area contributed by atoms with E-state index < -0.39 is 6.10 Å². The number of nitrogens with zero attached hydrogens (tertiary/aromatic N) is 2. The second kappa shape index (κ2) is 8.04. The molecule has 3 rings (SSSR count). The molecule has 128 valence electrons. The molecule has 0 bridgehead atoms. The first-order chi connectivity index (χ1) is 12.1. The predicted octanol–water partition coefficient (Wildman–Crippen LogP) is 4.32. The van der Waals surface area contributed by atoms with Crippen molar-refractivity contribution in [2.75, 3.05) is 11.9 Å². The van der Waals surface area contributed by atoms with Crippen LogP contribution in [0.25, 0.3) is 0 Å². The minimum Gasteiger partial charge on any atom is -0.438 e. The first-order valence-corrected chi connectivity index (χ1v) is 8.33. The lowest BCUT2D eigenvalue weighted by Gasteiger charge is -2.13. The number of aliphatic hydroxyl groups is 1. The summed E-state index contributed by atoms with van der Waals surface area (Å²) in [7, 11) is 0. The number of aromatic nitrogens is 2. The monoisotopic (exact) mass is 403 g/mol. The van der Waals surface area contributed by atoms with Gasteiger partial charge in [0.25, 0.3) is 0 Å². The molecule has 0 radical (unpaired) electrons. The molecular weight excluding hydrogens is 389 g/mol. The Morgan fingerprint density at radius 1 is 1.12 bits per heavy atom. The van der Waals surface area contributed by atoms with Crippen LogP contribution in [-0.4, -0.2) is 21.6 Å². The molecule has 0 aliphatic heterocycles. The molecular formula is C18H15BrFN3O2. The number of anilines is 1. The molecule has 2 N–H and O–H groups in total. The van der Waals surface area contributed by atoms with E-state index in [2.05, 4.69) is 31.2 Å². The van der Waals surface area contributed by atoms with Gasteiger partial charge in [0.2, 0.25) is 5.88 Å². The highest BCUT2D eigenvalue weighted by Crippen LogP contribution is 2.28. The highest BCUT2D eigenvalue weighted by atomic mass is 79.9. The molecule has 5 nitrogen and oxygen atoms in total. The third kappa shape index (κ3) is 4.74. The lowest BCUT2D eigenvalue weighted by Crippen LogP contribution is -2.13. The lowest BCUT2D eigenvalue weighted by molar-refractivity contribution is 0.191. The molecule has 0 fully saturated rings. The molecule has 1 unspecified atom stereocenters. The Morgan fingerprint density at radius 2 is 1.88 bits per heavy atom. The SMILES string of the molecule is OC(CNc1cc(Oc2ccccc2Br)ncn1)c1ccc(F)cc1. The van der Waals surface area contributed by atoms with Gasteiger partial charge in [-0.25, -0.2) is 14.4 Å². The van der Waals surface area contributed by atoms with Crippen LogP contribution < -0.4 is 10.1 Å². The van der Waals surface area contributed by atoms with Crippen LogP contribution >= 0.6 is 15.9 Å². The van der Waals surface area contributed by atoms with Crippen molar-refractivity contribution in [3.63, 3.8) is 0 Å². The first kappa shape index (κ1) is 17.3. The summed E-state index contributed by atoms with van der Waals surface area (Å²) in [4.78, 5) is 8.17. The molecule has 0 aliphatic rings. The maximum Gasteiger partial charge on any atom is 0.224 e. The number of nitrogens with one attached hydrogen (secondary N) is 1. The molecule has 0 saturated carbocycles. The summed E-state index contributed by atoms with van der Waals surface area (Å²) in [6.07, 6.45) is 0.585. The third-order valence-corrected chi connectivity index (χ3v) is 4.08.